The lowest BCUT2D eigenvalue weighted by Gasteiger charge is -2.34. The van der Waals surface area contributed by atoms with Crippen molar-refractivity contribution in [2.45, 2.75) is 44.9 Å². The Morgan fingerprint density at radius 3 is 2.29 bits per heavy atom. The topological polar surface area (TPSA) is 84.6 Å². The second-order valence-corrected chi connectivity index (χ2v) is 9.05. The standard InChI is InChI=1S/C22H28N8O/c1-15-14-23-16(2)20-24-17(27-30(15)20)13-22(4-5-22)21-25-18(28-6-3-7-28)12-19(26-21)29-8-10-31-11-9-29/h12,14H,3-11,13H2,1-2H3. The van der Waals surface area contributed by atoms with Gasteiger partial charge >= 0.3 is 0 Å². The summed E-state index contributed by atoms with van der Waals surface area (Å²) in [5, 5.41) is 4.79. The fourth-order valence-electron chi connectivity index (χ4n) is 4.47. The Labute approximate surface area is 181 Å². The Morgan fingerprint density at radius 2 is 1.68 bits per heavy atom. The molecule has 0 bridgehead atoms. The molecule has 0 atom stereocenters. The average molecular weight is 421 g/mol. The largest absolute Gasteiger partial charge is 0.378 e. The van der Waals surface area contributed by atoms with Crippen LogP contribution in [0.5, 0.6) is 0 Å². The molecule has 0 spiro atoms. The fourth-order valence-corrected chi connectivity index (χ4v) is 4.47. The predicted molar refractivity (Wildman–Crippen MR) is 117 cm³/mol. The van der Waals surface area contributed by atoms with Crippen LogP contribution in [-0.2, 0) is 16.6 Å². The first-order valence-electron chi connectivity index (χ1n) is 11.3. The number of fused-ring (bicyclic) bond motifs is 1. The summed E-state index contributed by atoms with van der Waals surface area (Å²) in [6, 6.07) is 2.16. The SMILES string of the molecule is Cc1ncc(C)n2nc(CC3(c4nc(N5CCC5)cc(N5CCOCC5)n4)CC3)nc12. The number of ether oxygens (including phenoxy) is 1. The van der Waals surface area contributed by atoms with Crippen LogP contribution in [0.1, 0.15) is 42.3 Å². The van der Waals surface area contributed by atoms with Crippen molar-refractivity contribution in [3.8, 4) is 0 Å². The van der Waals surface area contributed by atoms with Gasteiger partial charge in [-0.15, -0.1) is 0 Å². The van der Waals surface area contributed by atoms with Gasteiger partial charge in [-0.05, 0) is 33.1 Å². The minimum absolute atomic E-state index is 0.0674. The van der Waals surface area contributed by atoms with Gasteiger partial charge in [-0.1, -0.05) is 0 Å². The quantitative estimate of drug-likeness (QED) is 0.618. The number of hydrogen-bond donors (Lipinski definition) is 0. The molecule has 3 aliphatic rings. The number of anilines is 2. The highest BCUT2D eigenvalue weighted by Crippen LogP contribution is 2.49. The van der Waals surface area contributed by atoms with Gasteiger partial charge in [-0.3, -0.25) is 4.98 Å². The Kier molecular flexibility index (Phi) is 4.34. The summed E-state index contributed by atoms with van der Waals surface area (Å²) in [6.07, 6.45) is 5.99. The molecule has 2 aliphatic heterocycles. The summed E-state index contributed by atoms with van der Waals surface area (Å²) in [4.78, 5) is 24.1. The summed E-state index contributed by atoms with van der Waals surface area (Å²) >= 11 is 0. The molecule has 0 aromatic carbocycles. The van der Waals surface area contributed by atoms with Crippen LogP contribution in [0.25, 0.3) is 5.65 Å². The fraction of sp³-hybridized carbons (Fsp3) is 0.591. The molecule has 0 amide bonds. The van der Waals surface area contributed by atoms with E-state index in [-0.39, 0.29) is 5.41 Å². The molecule has 1 saturated carbocycles. The van der Waals surface area contributed by atoms with Crippen LogP contribution in [-0.4, -0.2) is 68.9 Å². The molecule has 9 heteroatoms. The maximum Gasteiger partial charge on any atom is 0.177 e. The van der Waals surface area contributed by atoms with Gasteiger partial charge in [0.25, 0.3) is 0 Å². The number of hydrogen-bond acceptors (Lipinski definition) is 8. The minimum atomic E-state index is -0.0674. The Morgan fingerprint density at radius 1 is 0.968 bits per heavy atom. The van der Waals surface area contributed by atoms with Crippen molar-refractivity contribution in [3.63, 3.8) is 0 Å². The van der Waals surface area contributed by atoms with E-state index in [2.05, 4.69) is 20.9 Å². The van der Waals surface area contributed by atoms with Crippen LogP contribution in [0.15, 0.2) is 12.3 Å². The van der Waals surface area contributed by atoms with Crippen molar-refractivity contribution < 1.29 is 4.74 Å². The van der Waals surface area contributed by atoms with E-state index < -0.39 is 0 Å². The van der Waals surface area contributed by atoms with Crippen LogP contribution < -0.4 is 9.80 Å². The van der Waals surface area contributed by atoms with E-state index in [0.717, 1.165) is 99.0 Å². The summed E-state index contributed by atoms with van der Waals surface area (Å²) in [5.41, 5.74) is 2.67. The van der Waals surface area contributed by atoms with Crippen molar-refractivity contribution in [3.05, 3.63) is 35.3 Å². The Bertz CT molecular complexity index is 1090. The number of nitrogens with zero attached hydrogens (tertiary/aromatic N) is 8. The first kappa shape index (κ1) is 18.9. The van der Waals surface area contributed by atoms with Crippen molar-refractivity contribution in [2.75, 3.05) is 49.2 Å². The molecule has 0 radical (unpaired) electrons. The molecule has 162 valence electrons. The normalized spacial score (nSPS) is 20.2. The molecule has 31 heavy (non-hydrogen) atoms. The van der Waals surface area contributed by atoms with Gasteiger partial charge < -0.3 is 14.5 Å². The summed E-state index contributed by atoms with van der Waals surface area (Å²) < 4.78 is 7.46. The number of rotatable bonds is 5. The molecule has 6 rings (SSSR count). The van der Waals surface area contributed by atoms with Crippen LogP contribution >= 0.6 is 0 Å². The highest BCUT2D eigenvalue weighted by atomic mass is 16.5. The van der Waals surface area contributed by atoms with E-state index in [9.17, 15) is 0 Å². The molecular formula is C22H28N8O. The summed E-state index contributed by atoms with van der Waals surface area (Å²) in [7, 11) is 0. The van der Waals surface area contributed by atoms with Crippen LogP contribution in [0, 0.1) is 13.8 Å². The summed E-state index contributed by atoms with van der Waals surface area (Å²) in [6.45, 7) is 9.40. The molecular weight excluding hydrogens is 392 g/mol. The van der Waals surface area contributed by atoms with Crippen molar-refractivity contribution >= 4 is 17.3 Å². The molecule has 1 aliphatic carbocycles. The third-order valence-electron chi connectivity index (χ3n) is 6.79. The van der Waals surface area contributed by atoms with Crippen LogP contribution in [0.3, 0.4) is 0 Å². The molecule has 9 nitrogen and oxygen atoms in total. The maximum atomic E-state index is 5.55. The van der Waals surface area contributed by atoms with Crippen molar-refractivity contribution in [1.29, 1.82) is 0 Å². The second-order valence-electron chi connectivity index (χ2n) is 9.05. The van der Waals surface area contributed by atoms with Crippen LogP contribution in [0.2, 0.25) is 0 Å². The van der Waals surface area contributed by atoms with E-state index in [4.69, 9.17) is 24.8 Å². The molecule has 3 aromatic rings. The number of aromatic nitrogens is 6. The van der Waals surface area contributed by atoms with Gasteiger partial charge in [0, 0.05) is 50.3 Å². The van der Waals surface area contributed by atoms with Gasteiger partial charge in [-0.25, -0.2) is 19.5 Å². The van der Waals surface area contributed by atoms with E-state index >= 15 is 0 Å². The van der Waals surface area contributed by atoms with E-state index in [0.29, 0.717) is 0 Å². The highest BCUT2D eigenvalue weighted by Gasteiger charge is 2.49. The zero-order valence-corrected chi connectivity index (χ0v) is 18.2. The first-order chi connectivity index (χ1) is 15.1. The summed E-state index contributed by atoms with van der Waals surface area (Å²) in [5.74, 6) is 3.88. The monoisotopic (exact) mass is 420 g/mol. The average Bonchev–Trinajstić information content (AvgIpc) is 3.40. The van der Waals surface area contributed by atoms with Crippen molar-refractivity contribution in [2.24, 2.45) is 0 Å². The van der Waals surface area contributed by atoms with Gasteiger partial charge in [-0.2, -0.15) is 5.10 Å². The highest BCUT2D eigenvalue weighted by molar-refractivity contribution is 5.53. The molecule has 0 N–H and O–H groups in total. The lowest BCUT2D eigenvalue weighted by molar-refractivity contribution is 0.122. The Hall–Kier alpha value is -2.81. The van der Waals surface area contributed by atoms with Gasteiger partial charge in [0.05, 0.1) is 24.6 Å². The number of aryl methyl sites for hydroxylation is 2. The van der Waals surface area contributed by atoms with Crippen molar-refractivity contribution in [1.82, 2.24) is 29.5 Å². The first-order valence-corrected chi connectivity index (χ1v) is 11.3. The minimum Gasteiger partial charge on any atom is -0.378 e. The lowest BCUT2D eigenvalue weighted by Crippen LogP contribution is -2.40. The third-order valence-corrected chi connectivity index (χ3v) is 6.79. The number of morpholine rings is 1. The zero-order valence-electron chi connectivity index (χ0n) is 18.2. The van der Waals surface area contributed by atoms with E-state index in [1.165, 1.54) is 6.42 Å². The van der Waals surface area contributed by atoms with E-state index in [1.807, 2.05) is 24.6 Å². The Balaban J connectivity index is 1.36. The molecule has 3 fully saturated rings. The van der Waals surface area contributed by atoms with Gasteiger partial charge in [0.2, 0.25) is 0 Å². The molecule has 5 heterocycles. The zero-order chi connectivity index (χ0) is 21.0. The van der Waals surface area contributed by atoms with Gasteiger partial charge in [0.15, 0.2) is 11.5 Å². The molecule has 2 saturated heterocycles. The molecule has 0 unspecified atom stereocenters. The van der Waals surface area contributed by atoms with E-state index in [1.54, 1.807) is 0 Å². The van der Waals surface area contributed by atoms with Crippen LogP contribution in [0.4, 0.5) is 11.6 Å². The molecule has 3 aromatic heterocycles. The lowest BCUT2D eigenvalue weighted by atomic mass is 10.0. The smallest absolute Gasteiger partial charge is 0.177 e. The third kappa shape index (κ3) is 3.31. The second kappa shape index (κ2) is 7.12. The predicted octanol–water partition coefficient (Wildman–Crippen LogP) is 1.85. The maximum absolute atomic E-state index is 5.55. The van der Waals surface area contributed by atoms with Gasteiger partial charge in [0.1, 0.15) is 17.5 Å².